The van der Waals surface area contributed by atoms with E-state index >= 15 is 0 Å². The quantitative estimate of drug-likeness (QED) is 0.559. The van der Waals surface area contributed by atoms with Crippen LogP contribution in [0.1, 0.15) is 13.3 Å². The molecule has 0 aromatic carbocycles. The monoisotopic (exact) mass is 148 g/mol. The highest BCUT2D eigenvalue weighted by Crippen LogP contribution is 2.17. The number of rotatable bonds is 3. The molecule has 0 radical (unpaired) electrons. The number of hydrogen-bond acceptors (Lipinski definition) is 2. The molecule has 0 aromatic rings. The van der Waals surface area contributed by atoms with Crippen molar-refractivity contribution in [1.29, 1.82) is 0 Å². The number of hydrogen-bond donors (Lipinski definition) is 2. The van der Waals surface area contributed by atoms with E-state index in [1.807, 2.05) is 6.92 Å². The lowest BCUT2D eigenvalue weighted by Gasteiger charge is -1.97. The highest BCUT2D eigenvalue weighted by atomic mass is 32.2. The van der Waals surface area contributed by atoms with Crippen molar-refractivity contribution in [2.45, 2.75) is 25.4 Å². The molecule has 3 unspecified atom stereocenters. The van der Waals surface area contributed by atoms with Gasteiger partial charge in [0.15, 0.2) is 0 Å². The molecule has 0 aliphatic heterocycles. The average Bonchev–Trinajstić information content (AvgIpc) is 2.47. The number of nitrogens with two attached hydrogens (primary N) is 1. The van der Waals surface area contributed by atoms with Crippen molar-refractivity contribution in [3.8, 4) is 0 Å². The van der Waals surface area contributed by atoms with Gasteiger partial charge >= 0.3 is 0 Å². The molecule has 0 heterocycles. The van der Waals surface area contributed by atoms with Crippen LogP contribution in [0.25, 0.3) is 0 Å². The predicted octanol–water partition coefficient (Wildman–Crippen LogP) is -0.641. The van der Waals surface area contributed by atoms with E-state index in [1.54, 1.807) is 0 Å². The molecule has 0 spiro atoms. The molecule has 1 rings (SSSR count). The standard InChI is InChI=1S/C5H12N2OS/c1-2-9(8)7-5-3-4(5)6/h4-5,7H,2-3,6H2,1H3. The van der Waals surface area contributed by atoms with E-state index in [4.69, 9.17) is 5.73 Å². The zero-order chi connectivity index (χ0) is 6.85. The molecule has 4 heteroatoms. The highest BCUT2D eigenvalue weighted by molar-refractivity contribution is 7.83. The van der Waals surface area contributed by atoms with Crippen LogP contribution in [0.3, 0.4) is 0 Å². The van der Waals surface area contributed by atoms with Crippen LogP contribution in [0.2, 0.25) is 0 Å². The van der Waals surface area contributed by atoms with Gasteiger partial charge < -0.3 is 5.73 Å². The Morgan fingerprint density at radius 1 is 1.89 bits per heavy atom. The zero-order valence-corrected chi connectivity index (χ0v) is 6.28. The SMILES string of the molecule is CCS(=O)NC1CC1N. The topological polar surface area (TPSA) is 55.1 Å². The molecular formula is C5H12N2OS. The van der Waals surface area contributed by atoms with E-state index in [9.17, 15) is 4.21 Å². The Morgan fingerprint density at radius 2 is 2.44 bits per heavy atom. The summed E-state index contributed by atoms with van der Waals surface area (Å²) in [6.07, 6.45) is 0.978. The summed E-state index contributed by atoms with van der Waals surface area (Å²) in [5.41, 5.74) is 5.47. The van der Waals surface area contributed by atoms with Gasteiger partial charge in [0.25, 0.3) is 0 Å². The normalized spacial score (nSPS) is 36.2. The fourth-order valence-corrected chi connectivity index (χ4v) is 1.38. The van der Waals surface area contributed by atoms with Crippen LogP contribution in [0.5, 0.6) is 0 Å². The molecule has 0 saturated heterocycles. The lowest BCUT2D eigenvalue weighted by atomic mass is 10.7. The fraction of sp³-hybridized carbons (Fsp3) is 1.00. The van der Waals surface area contributed by atoms with E-state index in [0.717, 1.165) is 6.42 Å². The molecule has 3 nitrogen and oxygen atoms in total. The summed E-state index contributed by atoms with van der Waals surface area (Å²) in [5, 5.41) is 0. The first-order chi connectivity index (χ1) is 4.24. The first kappa shape index (κ1) is 7.18. The first-order valence-electron chi connectivity index (χ1n) is 3.14. The van der Waals surface area contributed by atoms with Crippen LogP contribution in [-0.4, -0.2) is 22.0 Å². The summed E-state index contributed by atoms with van der Waals surface area (Å²) in [7, 11) is -0.845. The Kier molecular flexibility index (Phi) is 2.21. The molecule has 0 aromatic heterocycles. The van der Waals surface area contributed by atoms with Crippen LogP contribution in [0.4, 0.5) is 0 Å². The molecule has 0 amide bonds. The van der Waals surface area contributed by atoms with E-state index in [0.29, 0.717) is 11.8 Å². The molecule has 54 valence electrons. The van der Waals surface area contributed by atoms with Gasteiger partial charge in [-0.1, -0.05) is 6.92 Å². The minimum Gasteiger partial charge on any atom is -0.326 e. The van der Waals surface area contributed by atoms with Crippen LogP contribution in [0, 0.1) is 0 Å². The Balaban J connectivity index is 2.12. The Bertz CT molecular complexity index is 128. The maximum absolute atomic E-state index is 10.8. The first-order valence-corrected chi connectivity index (χ1v) is 4.46. The summed E-state index contributed by atoms with van der Waals surface area (Å²) in [5.74, 6) is 0.670. The highest BCUT2D eigenvalue weighted by Gasteiger charge is 2.34. The third-order valence-electron chi connectivity index (χ3n) is 1.38. The molecule has 3 atom stereocenters. The van der Waals surface area contributed by atoms with Gasteiger partial charge in [0.2, 0.25) is 0 Å². The summed E-state index contributed by atoms with van der Waals surface area (Å²) in [6, 6.07) is 0.575. The van der Waals surface area contributed by atoms with Crippen molar-refractivity contribution >= 4 is 11.0 Å². The summed E-state index contributed by atoms with van der Waals surface area (Å²) in [4.78, 5) is 0. The molecular weight excluding hydrogens is 136 g/mol. The maximum atomic E-state index is 10.8. The second kappa shape index (κ2) is 2.77. The van der Waals surface area contributed by atoms with Crippen LogP contribution in [0.15, 0.2) is 0 Å². The van der Waals surface area contributed by atoms with Gasteiger partial charge in [0.1, 0.15) is 0 Å². The van der Waals surface area contributed by atoms with Crippen molar-refractivity contribution in [1.82, 2.24) is 4.72 Å². The van der Waals surface area contributed by atoms with Gasteiger partial charge in [0.05, 0.1) is 11.0 Å². The molecule has 0 bridgehead atoms. The van der Waals surface area contributed by atoms with E-state index in [2.05, 4.69) is 4.72 Å². The van der Waals surface area contributed by atoms with Gasteiger partial charge in [-0.05, 0) is 6.42 Å². The Hall–Kier alpha value is 0.0700. The summed E-state index contributed by atoms with van der Waals surface area (Å²) in [6.45, 7) is 1.89. The minimum atomic E-state index is -0.845. The van der Waals surface area contributed by atoms with Gasteiger partial charge in [-0.3, -0.25) is 0 Å². The zero-order valence-electron chi connectivity index (χ0n) is 5.46. The van der Waals surface area contributed by atoms with Gasteiger partial charge in [-0.15, -0.1) is 0 Å². The van der Waals surface area contributed by atoms with E-state index < -0.39 is 11.0 Å². The largest absolute Gasteiger partial charge is 0.326 e. The molecule has 3 N–H and O–H groups in total. The average molecular weight is 148 g/mol. The van der Waals surface area contributed by atoms with Gasteiger partial charge in [-0.2, -0.15) is 0 Å². The van der Waals surface area contributed by atoms with Crippen molar-refractivity contribution in [2.75, 3.05) is 5.75 Å². The van der Waals surface area contributed by atoms with E-state index in [1.165, 1.54) is 0 Å². The Morgan fingerprint density at radius 3 is 2.78 bits per heavy atom. The molecule has 1 saturated carbocycles. The summed E-state index contributed by atoms with van der Waals surface area (Å²) >= 11 is 0. The van der Waals surface area contributed by atoms with Crippen LogP contribution in [-0.2, 0) is 11.0 Å². The lowest BCUT2D eigenvalue weighted by molar-refractivity contribution is 0.671. The predicted molar refractivity (Wildman–Crippen MR) is 38.2 cm³/mol. The van der Waals surface area contributed by atoms with Gasteiger partial charge in [-0.25, -0.2) is 8.93 Å². The molecule has 9 heavy (non-hydrogen) atoms. The third kappa shape index (κ3) is 2.04. The van der Waals surface area contributed by atoms with Crippen molar-refractivity contribution in [3.63, 3.8) is 0 Å². The second-order valence-corrected chi connectivity index (χ2v) is 3.76. The maximum Gasteiger partial charge on any atom is 0.0915 e. The fourth-order valence-electron chi connectivity index (χ4n) is 0.602. The molecule has 1 aliphatic rings. The van der Waals surface area contributed by atoms with Crippen LogP contribution >= 0.6 is 0 Å². The molecule has 1 aliphatic carbocycles. The Labute approximate surface area is 57.6 Å². The van der Waals surface area contributed by atoms with Crippen molar-refractivity contribution in [3.05, 3.63) is 0 Å². The van der Waals surface area contributed by atoms with Gasteiger partial charge in [0, 0.05) is 17.8 Å². The minimum absolute atomic E-state index is 0.250. The smallest absolute Gasteiger partial charge is 0.0915 e. The summed E-state index contributed by atoms with van der Waals surface area (Å²) < 4.78 is 13.7. The second-order valence-electron chi connectivity index (χ2n) is 2.26. The third-order valence-corrected chi connectivity index (χ3v) is 2.47. The number of nitrogens with one attached hydrogen (secondary N) is 1. The van der Waals surface area contributed by atoms with Crippen molar-refractivity contribution < 1.29 is 4.21 Å². The lowest BCUT2D eigenvalue weighted by Crippen LogP contribution is -2.25. The molecule has 1 fully saturated rings. The van der Waals surface area contributed by atoms with Crippen molar-refractivity contribution in [2.24, 2.45) is 5.73 Å². The van der Waals surface area contributed by atoms with E-state index in [-0.39, 0.29) is 6.04 Å². The van der Waals surface area contributed by atoms with Crippen LogP contribution < -0.4 is 10.5 Å².